The van der Waals surface area contributed by atoms with Crippen LogP contribution in [-0.2, 0) is 10.0 Å². The van der Waals surface area contributed by atoms with Crippen LogP contribution in [0.1, 0.15) is 5.56 Å². The highest BCUT2D eigenvalue weighted by Crippen LogP contribution is 2.29. The Morgan fingerprint density at radius 1 is 1.13 bits per heavy atom. The summed E-state index contributed by atoms with van der Waals surface area (Å²) in [6.45, 7) is 1.71. The first-order chi connectivity index (χ1) is 10.8. The van der Waals surface area contributed by atoms with E-state index in [1.54, 1.807) is 19.1 Å². The summed E-state index contributed by atoms with van der Waals surface area (Å²) in [6, 6.07) is 10.7. The van der Waals surface area contributed by atoms with E-state index in [1.165, 1.54) is 49.1 Å². The molecule has 0 unspecified atom stereocenters. The van der Waals surface area contributed by atoms with Crippen LogP contribution in [0, 0.1) is 17.0 Å². The predicted molar refractivity (Wildman–Crippen MR) is 91.6 cm³/mol. The van der Waals surface area contributed by atoms with Crippen molar-refractivity contribution in [3.63, 3.8) is 0 Å². The highest BCUT2D eigenvalue weighted by atomic mass is 32.2. The lowest BCUT2D eigenvalue weighted by Crippen LogP contribution is -2.27. The van der Waals surface area contributed by atoms with Crippen LogP contribution in [0.25, 0.3) is 0 Å². The number of nitro benzene ring substituents is 1. The minimum atomic E-state index is -3.78. The first-order valence-electron chi connectivity index (χ1n) is 6.65. The summed E-state index contributed by atoms with van der Waals surface area (Å²) < 4.78 is 26.5. The molecule has 0 fully saturated rings. The number of sulfonamides is 1. The van der Waals surface area contributed by atoms with Crippen molar-refractivity contribution in [2.24, 2.45) is 0 Å². The van der Waals surface area contributed by atoms with Crippen LogP contribution in [0.2, 0.25) is 0 Å². The van der Waals surface area contributed by atoms with E-state index in [-0.39, 0.29) is 16.3 Å². The van der Waals surface area contributed by atoms with E-state index in [2.05, 4.69) is 0 Å². The maximum atomic E-state index is 12.7. The number of non-ortho nitro benzene ring substituents is 1. The van der Waals surface area contributed by atoms with Crippen molar-refractivity contribution in [1.82, 2.24) is 0 Å². The summed E-state index contributed by atoms with van der Waals surface area (Å²) >= 11 is 1.52. The van der Waals surface area contributed by atoms with Gasteiger partial charge in [-0.15, -0.1) is 11.8 Å². The van der Waals surface area contributed by atoms with Gasteiger partial charge in [-0.2, -0.15) is 0 Å². The van der Waals surface area contributed by atoms with E-state index in [9.17, 15) is 18.5 Å². The zero-order valence-corrected chi connectivity index (χ0v) is 14.5. The van der Waals surface area contributed by atoms with Gasteiger partial charge in [-0.3, -0.25) is 14.4 Å². The summed E-state index contributed by atoms with van der Waals surface area (Å²) in [5.41, 5.74) is 0.779. The van der Waals surface area contributed by atoms with Crippen LogP contribution in [-0.4, -0.2) is 26.6 Å². The Kier molecular flexibility index (Phi) is 4.96. The Morgan fingerprint density at radius 2 is 1.74 bits per heavy atom. The Balaban J connectivity index is 2.47. The van der Waals surface area contributed by atoms with Gasteiger partial charge in [0.1, 0.15) is 0 Å². The van der Waals surface area contributed by atoms with E-state index < -0.39 is 14.9 Å². The third-order valence-corrected chi connectivity index (χ3v) is 5.99. The SMILES string of the molecule is CSc1ccc(S(=O)(=O)N(C)c2cc([N+](=O)[O-])ccc2C)cc1. The monoisotopic (exact) mass is 352 g/mol. The number of rotatable bonds is 5. The molecule has 0 saturated carbocycles. The topological polar surface area (TPSA) is 80.5 Å². The minimum absolute atomic E-state index is 0.142. The maximum Gasteiger partial charge on any atom is 0.271 e. The molecule has 0 spiro atoms. The van der Waals surface area contributed by atoms with Gasteiger partial charge in [0.25, 0.3) is 15.7 Å². The molecule has 6 nitrogen and oxygen atoms in total. The van der Waals surface area contributed by atoms with Crippen LogP contribution >= 0.6 is 11.8 Å². The number of hydrogen-bond acceptors (Lipinski definition) is 5. The van der Waals surface area contributed by atoms with Crippen LogP contribution in [0.3, 0.4) is 0 Å². The number of benzene rings is 2. The zero-order chi connectivity index (χ0) is 17.2. The molecular weight excluding hydrogens is 336 g/mol. The number of aryl methyl sites for hydroxylation is 1. The summed E-state index contributed by atoms with van der Waals surface area (Å²) in [5.74, 6) is 0. The lowest BCUT2D eigenvalue weighted by atomic mass is 10.2. The van der Waals surface area contributed by atoms with Gasteiger partial charge in [0, 0.05) is 24.1 Å². The van der Waals surface area contributed by atoms with Crippen molar-refractivity contribution < 1.29 is 13.3 Å². The summed E-state index contributed by atoms with van der Waals surface area (Å²) in [5, 5.41) is 10.9. The van der Waals surface area contributed by atoms with Crippen molar-refractivity contribution >= 4 is 33.2 Å². The number of nitrogens with zero attached hydrogens (tertiary/aromatic N) is 2. The molecule has 0 aromatic heterocycles. The third-order valence-electron chi connectivity index (χ3n) is 3.46. The summed E-state index contributed by atoms with van der Waals surface area (Å²) in [4.78, 5) is 11.5. The van der Waals surface area contributed by atoms with Gasteiger partial charge in [0.05, 0.1) is 15.5 Å². The quantitative estimate of drug-likeness (QED) is 0.468. The smallest absolute Gasteiger partial charge is 0.269 e. The van der Waals surface area contributed by atoms with Crippen molar-refractivity contribution in [1.29, 1.82) is 0 Å². The lowest BCUT2D eigenvalue weighted by Gasteiger charge is -2.21. The fourth-order valence-corrected chi connectivity index (χ4v) is 3.75. The van der Waals surface area contributed by atoms with Crippen molar-refractivity contribution in [3.05, 3.63) is 58.1 Å². The molecule has 0 aliphatic carbocycles. The average molecular weight is 352 g/mol. The fraction of sp³-hybridized carbons (Fsp3) is 0.200. The van der Waals surface area contributed by atoms with Crippen LogP contribution in [0.4, 0.5) is 11.4 Å². The van der Waals surface area contributed by atoms with E-state index in [1.807, 2.05) is 6.26 Å². The highest BCUT2D eigenvalue weighted by Gasteiger charge is 2.24. The molecule has 0 saturated heterocycles. The minimum Gasteiger partial charge on any atom is -0.269 e. The third kappa shape index (κ3) is 3.48. The Bertz CT molecular complexity index is 833. The van der Waals surface area contributed by atoms with Gasteiger partial charge in [0.2, 0.25) is 0 Å². The first-order valence-corrected chi connectivity index (χ1v) is 9.32. The molecule has 2 aromatic carbocycles. The second-order valence-electron chi connectivity index (χ2n) is 4.88. The Morgan fingerprint density at radius 3 is 2.26 bits per heavy atom. The number of anilines is 1. The number of thioether (sulfide) groups is 1. The molecule has 122 valence electrons. The molecule has 0 atom stereocenters. The Labute approximate surface area is 139 Å². The van der Waals surface area contributed by atoms with Gasteiger partial charge < -0.3 is 0 Å². The van der Waals surface area contributed by atoms with E-state index in [0.717, 1.165) is 9.20 Å². The van der Waals surface area contributed by atoms with Gasteiger partial charge in [-0.25, -0.2) is 8.42 Å². The number of hydrogen-bond donors (Lipinski definition) is 0. The van der Waals surface area contributed by atoms with Crippen LogP contribution in [0.5, 0.6) is 0 Å². The maximum absolute atomic E-state index is 12.7. The lowest BCUT2D eigenvalue weighted by molar-refractivity contribution is -0.384. The van der Waals surface area contributed by atoms with E-state index in [4.69, 9.17) is 0 Å². The molecule has 23 heavy (non-hydrogen) atoms. The van der Waals surface area contributed by atoms with Gasteiger partial charge in [0.15, 0.2) is 0 Å². The van der Waals surface area contributed by atoms with Crippen molar-refractivity contribution in [2.75, 3.05) is 17.6 Å². The predicted octanol–water partition coefficient (Wildman–Crippen LogP) is 3.45. The van der Waals surface area contributed by atoms with Gasteiger partial charge >= 0.3 is 0 Å². The molecule has 0 aliphatic rings. The molecule has 0 heterocycles. The molecule has 0 N–H and O–H groups in total. The van der Waals surface area contributed by atoms with Crippen LogP contribution < -0.4 is 4.31 Å². The number of nitro groups is 1. The zero-order valence-electron chi connectivity index (χ0n) is 12.9. The van der Waals surface area contributed by atoms with Gasteiger partial charge in [-0.05, 0) is 43.0 Å². The summed E-state index contributed by atoms with van der Waals surface area (Å²) in [7, 11) is -2.39. The molecular formula is C15H16N2O4S2. The molecule has 2 rings (SSSR count). The highest BCUT2D eigenvalue weighted by molar-refractivity contribution is 7.98. The largest absolute Gasteiger partial charge is 0.271 e. The second kappa shape index (κ2) is 6.59. The summed E-state index contributed by atoms with van der Waals surface area (Å²) in [6.07, 6.45) is 1.90. The van der Waals surface area contributed by atoms with Crippen LogP contribution in [0.15, 0.2) is 52.3 Å². The van der Waals surface area contributed by atoms with E-state index in [0.29, 0.717) is 5.56 Å². The Hall–Kier alpha value is -2.06. The fourth-order valence-electron chi connectivity index (χ4n) is 2.09. The average Bonchev–Trinajstić information content (AvgIpc) is 2.54. The van der Waals surface area contributed by atoms with Gasteiger partial charge in [-0.1, -0.05) is 6.07 Å². The normalized spacial score (nSPS) is 11.3. The van der Waals surface area contributed by atoms with E-state index >= 15 is 0 Å². The molecule has 0 radical (unpaired) electrons. The molecule has 0 aliphatic heterocycles. The second-order valence-corrected chi connectivity index (χ2v) is 7.72. The van der Waals surface area contributed by atoms with Crippen molar-refractivity contribution in [3.8, 4) is 0 Å². The first kappa shape index (κ1) is 17.3. The molecule has 8 heteroatoms. The molecule has 2 aromatic rings. The molecule has 0 bridgehead atoms. The standard InChI is InChI=1S/C15H16N2O4S2/c1-11-4-5-12(17(18)19)10-15(11)16(2)23(20,21)14-8-6-13(22-3)7-9-14/h4-10H,1-3H3. The molecule has 0 amide bonds. The van der Waals surface area contributed by atoms with Crippen molar-refractivity contribution in [2.45, 2.75) is 16.7 Å².